The van der Waals surface area contributed by atoms with E-state index in [9.17, 15) is 19.2 Å². The molecule has 2 fully saturated rings. The van der Waals surface area contributed by atoms with Crippen molar-refractivity contribution in [2.75, 3.05) is 26.3 Å². The van der Waals surface area contributed by atoms with E-state index < -0.39 is 12.1 Å². The standard InChI is InChI=1S/C24H39N3O6/c1-17(2)20(29)32-11-12-33-22(31)26-18-13-23(3,4)15-24(5,14-18)16-25-21(30)27-10-8-6-7-9-19(27)28/h18H,1,6-16H2,2-5H3,(H,25,30)(H,26,31). The van der Waals surface area contributed by atoms with Crippen LogP contribution in [0.15, 0.2) is 12.2 Å². The zero-order chi connectivity index (χ0) is 24.6. The highest BCUT2D eigenvalue weighted by Gasteiger charge is 2.42. The summed E-state index contributed by atoms with van der Waals surface area (Å²) >= 11 is 0. The second-order valence-electron chi connectivity index (χ2n) is 10.5. The number of amides is 4. The van der Waals surface area contributed by atoms with Crippen molar-refractivity contribution < 1.29 is 28.7 Å². The van der Waals surface area contributed by atoms with Crippen molar-refractivity contribution in [3.63, 3.8) is 0 Å². The van der Waals surface area contributed by atoms with Gasteiger partial charge in [0.25, 0.3) is 0 Å². The van der Waals surface area contributed by atoms with Crippen LogP contribution in [0.4, 0.5) is 9.59 Å². The number of ether oxygens (including phenoxy) is 2. The van der Waals surface area contributed by atoms with Gasteiger partial charge in [0, 0.05) is 31.1 Å². The van der Waals surface area contributed by atoms with Crippen molar-refractivity contribution in [3.8, 4) is 0 Å². The molecule has 2 unspecified atom stereocenters. The van der Waals surface area contributed by atoms with Crippen LogP contribution in [0.25, 0.3) is 0 Å². The first-order chi connectivity index (χ1) is 15.4. The van der Waals surface area contributed by atoms with E-state index in [0.717, 1.165) is 32.1 Å². The van der Waals surface area contributed by atoms with Crippen molar-refractivity contribution in [2.24, 2.45) is 10.8 Å². The molecule has 4 amide bonds. The minimum atomic E-state index is -0.564. The van der Waals surface area contributed by atoms with Crippen LogP contribution in [0.5, 0.6) is 0 Å². The Hall–Kier alpha value is -2.58. The molecular weight excluding hydrogens is 426 g/mol. The molecule has 9 nitrogen and oxygen atoms in total. The Kier molecular flexibility index (Phi) is 9.31. The Morgan fingerprint density at radius 3 is 2.48 bits per heavy atom. The van der Waals surface area contributed by atoms with Crippen LogP contribution in [-0.4, -0.2) is 61.2 Å². The third-order valence-electron chi connectivity index (χ3n) is 6.15. The largest absolute Gasteiger partial charge is 0.459 e. The van der Waals surface area contributed by atoms with E-state index in [1.54, 1.807) is 6.92 Å². The Morgan fingerprint density at radius 2 is 1.79 bits per heavy atom. The highest BCUT2D eigenvalue weighted by atomic mass is 16.6. The van der Waals surface area contributed by atoms with Gasteiger partial charge in [-0.05, 0) is 49.9 Å². The summed E-state index contributed by atoms with van der Waals surface area (Å²) in [6.45, 7) is 12.2. The van der Waals surface area contributed by atoms with Gasteiger partial charge < -0.3 is 20.1 Å². The molecule has 1 saturated carbocycles. The van der Waals surface area contributed by atoms with Gasteiger partial charge >= 0.3 is 18.1 Å². The molecule has 33 heavy (non-hydrogen) atoms. The van der Waals surface area contributed by atoms with Crippen LogP contribution in [0.2, 0.25) is 0 Å². The number of carbonyl (C=O) groups excluding carboxylic acids is 4. The number of hydrogen-bond donors (Lipinski definition) is 2. The highest BCUT2D eigenvalue weighted by molar-refractivity contribution is 5.94. The first-order valence-electron chi connectivity index (χ1n) is 11.7. The fourth-order valence-corrected chi connectivity index (χ4v) is 5.05. The van der Waals surface area contributed by atoms with Gasteiger partial charge in [-0.25, -0.2) is 14.4 Å². The Bertz CT molecular complexity index is 765. The smallest absolute Gasteiger partial charge is 0.407 e. The van der Waals surface area contributed by atoms with Gasteiger partial charge in [-0.1, -0.05) is 33.8 Å². The van der Waals surface area contributed by atoms with Crippen LogP contribution in [0.3, 0.4) is 0 Å². The monoisotopic (exact) mass is 465 g/mol. The lowest BCUT2D eigenvalue weighted by Crippen LogP contribution is -2.52. The second kappa shape index (κ2) is 11.5. The summed E-state index contributed by atoms with van der Waals surface area (Å²) in [4.78, 5) is 49.8. The maximum absolute atomic E-state index is 12.7. The third-order valence-corrected chi connectivity index (χ3v) is 6.15. The van der Waals surface area contributed by atoms with Crippen LogP contribution >= 0.6 is 0 Å². The van der Waals surface area contributed by atoms with Gasteiger partial charge in [0.2, 0.25) is 5.91 Å². The van der Waals surface area contributed by atoms with Gasteiger partial charge in [0.1, 0.15) is 13.2 Å². The lowest BCUT2D eigenvalue weighted by Gasteiger charge is -2.46. The molecule has 186 valence electrons. The van der Waals surface area contributed by atoms with E-state index in [0.29, 0.717) is 25.9 Å². The van der Waals surface area contributed by atoms with Crippen LogP contribution in [-0.2, 0) is 19.1 Å². The predicted octanol–water partition coefficient (Wildman–Crippen LogP) is 3.53. The number of nitrogens with zero attached hydrogens (tertiary/aromatic N) is 1. The van der Waals surface area contributed by atoms with E-state index >= 15 is 0 Å². The van der Waals surface area contributed by atoms with Gasteiger partial charge in [-0.15, -0.1) is 0 Å². The average Bonchev–Trinajstić information content (AvgIpc) is 2.92. The summed E-state index contributed by atoms with van der Waals surface area (Å²) < 4.78 is 10.1. The number of imide groups is 1. The van der Waals surface area contributed by atoms with Crippen molar-refractivity contribution >= 4 is 24.0 Å². The molecule has 2 rings (SSSR count). The Morgan fingerprint density at radius 1 is 1.09 bits per heavy atom. The molecule has 0 bridgehead atoms. The zero-order valence-electron chi connectivity index (χ0n) is 20.5. The molecule has 9 heteroatoms. The lowest BCUT2D eigenvalue weighted by atomic mass is 9.62. The molecule has 2 atom stereocenters. The second-order valence-corrected chi connectivity index (χ2v) is 10.5. The molecule has 1 saturated heterocycles. The van der Waals surface area contributed by atoms with E-state index in [4.69, 9.17) is 9.47 Å². The summed E-state index contributed by atoms with van der Waals surface area (Å²) in [6.07, 6.45) is 4.80. The van der Waals surface area contributed by atoms with E-state index in [1.807, 2.05) is 0 Å². The van der Waals surface area contributed by atoms with Gasteiger partial charge in [-0.2, -0.15) is 0 Å². The van der Waals surface area contributed by atoms with Crippen LogP contribution in [0, 0.1) is 10.8 Å². The fraction of sp³-hybridized carbons (Fsp3) is 0.750. The van der Waals surface area contributed by atoms with Crippen LogP contribution in [0.1, 0.15) is 72.6 Å². The fourth-order valence-electron chi connectivity index (χ4n) is 5.05. The highest BCUT2D eigenvalue weighted by Crippen LogP contribution is 2.45. The molecule has 1 heterocycles. The SMILES string of the molecule is C=C(C)C(=O)OCCOC(=O)NC1CC(C)(C)CC(C)(CNC(=O)N2CCCCCC2=O)C1. The average molecular weight is 466 g/mol. The molecule has 0 radical (unpaired) electrons. The number of esters is 1. The van der Waals surface area contributed by atoms with Gasteiger partial charge in [0.05, 0.1) is 0 Å². The topological polar surface area (TPSA) is 114 Å². The summed E-state index contributed by atoms with van der Waals surface area (Å²) in [5, 5.41) is 5.87. The predicted molar refractivity (Wildman–Crippen MR) is 123 cm³/mol. The molecule has 0 spiro atoms. The van der Waals surface area contributed by atoms with E-state index in [1.165, 1.54) is 4.90 Å². The maximum Gasteiger partial charge on any atom is 0.407 e. The quantitative estimate of drug-likeness (QED) is 0.338. The van der Waals surface area contributed by atoms with Crippen LogP contribution < -0.4 is 10.6 Å². The third kappa shape index (κ3) is 8.70. The van der Waals surface area contributed by atoms with Crippen molar-refractivity contribution in [2.45, 2.75) is 78.7 Å². The molecule has 1 aliphatic carbocycles. The molecule has 0 aromatic heterocycles. The number of rotatable bonds is 7. The minimum Gasteiger partial charge on any atom is -0.459 e. The summed E-state index contributed by atoms with van der Waals surface area (Å²) in [5.41, 5.74) is -0.0117. The number of likely N-dealkylation sites (tertiary alicyclic amines) is 1. The number of hydrogen-bond acceptors (Lipinski definition) is 6. The first-order valence-corrected chi connectivity index (χ1v) is 11.7. The Balaban J connectivity index is 1.86. The summed E-state index contributed by atoms with van der Waals surface area (Å²) in [7, 11) is 0. The minimum absolute atomic E-state index is 0.0335. The summed E-state index contributed by atoms with van der Waals surface area (Å²) in [6, 6.07) is -0.458. The lowest BCUT2D eigenvalue weighted by molar-refractivity contribution is -0.140. The number of urea groups is 1. The van der Waals surface area contributed by atoms with Gasteiger partial charge in [0.15, 0.2) is 0 Å². The molecule has 0 aromatic carbocycles. The molecular formula is C24H39N3O6. The Labute approximate surface area is 196 Å². The first kappa shape index (κ1) is 26.7. The van der Waals surface area contributed by atoms with Crippen molar-refractivity contribution in [1.82, 2.24) is 15.5 Å². The van der Waals surface area contributed by atoms with Crippen molar-refractivity contribution in [3.05, 3.63) is 12.2 Å². The normalized spacial score (nSPS) is 24.9. The number of nitrogens with one attached hydrogen (secondary N) is 2. The molecule has 2 N–H and O–H groups in total. The number of carbonyl (C=O) groups is 4. The molecule has 2 aliphatic rings. The molecule has 1 aliphatic heterocycles. The summed E-state index contributed by atoms with van der Waals surface area (Å²) in [5.74, 6) is -0.636. The maximum atomic E-state index is 12.7. The van der Waals surface area contributed by atoms with E-state index in [-0.39, 0.29) is 47.6 Å². The number of alkyl carbamates (subject to hydrolysis) is 1. The van der Waals surface area contributed by atoms with Crippen molar-refractivity contribution in [1.29, 1.82) is 0 Å². The zero-order valence-corrected chi connectivity index (χ0v) is 20.5. The van der Waals surface area contributed by atoms with E-state index in [2.05, 4.69) is 38.0 Å². The molecule has 0 aromatic rings. The van der Waals surface area contributed by atoms with Gasteiger partial charge in [-0.3, -0.25) is 9.69 Å².